The summed E-state index contributed by atoms with van der Waals surface area (Å²) in [6.45, 7) is 27.9. The van der Waals surface area contributed by atoms with Crippen molar-refractivity contribution in [3.8, 4) is 5.75 Å². The van der Waals surface area contributed by atoms with Crippen LogP contribution in [-0.2, 0) is 56.7 Å². The zero-order chi connectivity index (χ0) is 80.2. The van der Waals surface area contributed by atoms with E-state index in [0.717, 1.165) is 132 Å². The first-order valence-electron chi connectivity index (χ1n) is 39.7. The van der Waals surface area contributed by atoms with Gasteiger partial charge in [0.05, 0.1) is 80.2 Å². The first-order valence-corrected chi connectivity index (χ1v) is 41.5. The summed E-state index contributed by atoms with van der Waals surface area (Å²) in [7, 11) is -3.61. The maximum absolute atomic E-state index is 12.8. The maximum atomic E-state index is 12.8. The summed E-state index contributed by atoms with van der Waals surface area (Å²) in [6, 6.07) is 8.02. The van der Waals surface area contributed by atoms with Gasteiger partial charge in [-0.2, -0.15) is 0 Å². The molecule has 620 valence electrons. The number of allylic oxidation sites excluding steroid dienone is 1. The van der Waals surface area contributed by atoms with E-state index in [2.05, 4.69) is 72.7 Å². The molecule has 3 saturated heterocycles. The van der Waals surface area contributed by atoms with Gasteiger partial charge in [0.1, 0.15) is 18.0 Å². The van der Waals surface area contributed by atoms with Crippen LogP contribution in [0.2, 0.25) is 0 Å². The number of aromatic nitrogens is 2. The normalized spacial score (nSPS) is 24.6. The number of fused-ring (bicyclic) bond motifs is 6. The molecule has 3 aliphatic heterocycles. The Bertz CT molecular complexity index is 3240. The van der Waals surface area contributed by atoms with Gasteiger partial charge in [-0.3, -0.25) is 34.7 Å². The molecule has 4 aliphatic carbocycles. The highest BCUT2D eigenvalue weighted by Crippen LogP contribution is 2.63. The number of nitrogens with one attached hydrogen (secondary N) is 1. The molecule has 30 nitrogen and oxygen atoms in total. The minimum Gasteiger partial charge on any atom is -0.433 e. The van der Waals surface area contributed by atoms with E-state index in [0.29, 0.717) is 47.9 Å². The Kier molecular flexibility index (Phi) is 41.5. The molecule has 7 aliphatic rings. The summed E-state index contributed by atoms with van der Waals surface area (Å²) in [5.74, 6) is 4.60. The quantitative estimate of drug-likeness (QED) is 0.00599. The summed E-state index contributed by atoms with van der Waals surface area (Å²) < 4.78 is 64.5. The molecular formula is C78H130N7O23P. The Balaban J connectivity index is 0.000000246. The number of rotatable bonds is 36. The highest BCUT2D eigenvalue weighted by Gasteiger charge is 2.54. The van der Waals surface area contributed by atoms with Crippen molar-refractivity contribution < 1.29 is 101 Å². The SMILES string of the molecule is CC(C)CCC[C@@H](C)[C@H]1CC[C@@H]2C1CC[C@H]1C2CC=C2CC(O)CCC21C.CC1(C)OCC(CO)O1.CC1(C)OC[C@H](CCO)O1.CCCCOCC(CO)OCCCC.CCOP(=O)(CCCOC(=O)ON1C(=O)CCC1=O)Oc1ccc([N+](=O)[O-])cc1.NCCCCCCNc1ccc([N+](=O)[O-])c2nonc12. The molecule has 109 heavy (non-hydrogen) atoms. The van der Waals surface area contributed by atoms with Crippen molar-refractivity contribution in [3.05, 3.63) is 68.3 Å². The number of hydroxylamine groups is 2. The third-order valence-electron chi connectivity index (χ3n) is 21.0. The van der Waals surface area contributed by atoms with Crippen LogP contribution in [0, 0.1) is 67.1 Å². The maximum Gasteiger partial charge on any atom is 0.533 e. The van der Waals surface area contributed by atoms with Crippen molar-refractivity contribution in [1.82, 2.24) is 15.4 Å². The Morgan fingerprint density at radius 1 is 0.771 bits per heavy atom. The minimum absolute atomic E-state index is 0.0381. The summed E-state index contributed by atoms with van der Waals surface area (Å²) >= 11 is 0. The van der Waals surface area contributed by atoms with Gasteiger partial charge in [-0.15, -0.1) is 0 Å². The van der Waals surface area contributed by atoms with Crippen LogP contribution in [0.3, 0.4) is 0 Å². The number of non-ortho nitro benzene ring substituents is 2. The third kappa shape index (κ3) is 31.6. The van der Waals surface area contributed by atoms with Crippen LogP contribution in [0.5, 0.6) is 5.75 Å². The van der Waals surface area contributed by atoms with Crippen molar-refractivity contribution in [1.29, 1.82) is 0 Å². The lowest BCUT2D eigenvalue weighted by atomic mass is 9.50. The second-order valence-electron chi connectivity index (χ2n) is 30.8. The number of imide groups is 1. The van der Waals surface area contributed by atoms with Gasteiger partial charge in [-0.25, -0.2) is 14.0 Å². The molecule has 1 aromatic heterocycles. The number of carbonyl (C=O) groups excluding carboxylic acids is 3. The second kappa shape index (κ2) is 48.3. The van der Waals surface area contributed by atoms with Gasteiger partial charge in [-0.1, -0.05) is 103 Å². The Morgan fingerprint density at radius 2 is 1.43 bits per heavy atom. The van der Waals surface area contributed by atoms with E-state index in [1.807, 2.05) is 27.7 Å². The number of unbranched alkanes of at least 4 members (excludes halogenated alkanes) is 5. The molecule has 7 N–H and O–H groups in total. The van der Waals surface area contributed by atoms with E-state index in [1.165, 1.54) is 88.1 Å². The van der Waals surface area contributed by atoms with E-state index in [9.17, 15) is 44.3 Å². The van der Waals surface area contributed by atoms with Crippen molar-refractivity contribution in [3.63, 3.8) is 0 Å². The number of hydrogen-bond acceptors (Lipinski definition) is 27. The number of benzene rings is 2. The summed E-state index contributed by atoms with van der Waals surface area (Å²) in [6.07, 6.45) is 25.1. The third-order valence-corrected chi connectivity index (χ3v) is 23.0. The lowest BCUT2D eigenvalue weighted by Gasteiger charge is -2.55. The predicted octanol–water partition coefficient (Wildman–Crippen LogP) is 14.5. The van der Waals surface area contributed by atoms with E-state index in [4.69, 9.17) is 63.3 Å². The number of hydrogen-bond donors (Lipinski definition) is 6. The van der Waals surface area contributed by atoms with E-state index < -0.39 is 47.0 Å². The number of carbonyl (C=O) groups is 3. The van der Waals surface area contributed by atoms with Crippen LogP contribution in [-0.4, -0.2) is 185 Å². The molecule has 0 spiro atoms. The molecule has 31 heteroatoms. The van der Waals surface area contributed by atoms with E-state index in [1.54, 1.807) is 18.6 Å². The fraction of sp³-hybridized carbons (Fsp3) is 0.782. The minimum atomic E-state index is -3.61. The lowest BCUT2D eigenvalue weighted by molar-refractivity contribution is -0.384. The van der Waals surface area contributed by atoms with Crippen molar-refractivity contribution in [2.24, 2.45) is 52.6 Å². The van der Waals surface area contributed by atoms with Gasteiger partial charge < -0.3 is 73.7 Å². The fourth-order valence-corrected chi connectivity index (χ4v) is 16.9. The highest BCUT2D eigenvalue weighted by atomic mass is 31.2. The molecule has 3 saturated carbocycles. The summed E-state index contributed by atoms with van der Waals surface area (Å²) in [4.78, 5) is 59.2. The molecule has 0 bridgehead atoms. The van der Waals surface area contributed by atoms with Crippen LogP contribution < -0.4 is 15.6 Å². The smallest absolute Gasteiger partial charge is 0.433 e. The molecule has 3 aromatic rings. The number of amides is 2. The zero-order valence-corrected chi connectivity index (χ0v) is 67.5. The number of nitro benzene ring substituents is 2. The topological polar surface area (TPSA) is 408 Å². The Morgan fingerprint density at radius 3 is 2.03 bits per heavy atom. The molecular weight excluding hydrogens is 1430 g/mol. The van der Waals surface area contributed by atoms with Crippen LogP contribution >= 0.6 is 7.60 Å². The molecule has 7 unspecified atom stereocenters. The Hall–Kier alpha value is -5.86. The van der Waals surface area contributed by atoms with Gasteiger partial charge in [0.25, 0.3) is 17.5 Å². The molecule has 4 heterocycles. The van der Waals surface area contributed by atoms with Crippen LogP contribution in [0.1, 0.15) is 224 Å². The number of anilines is 1. The highest BCUT2D eigenvalue weighted by molar-refractivity contribution is 7.54. The number of nitro groups is 2. The average Bonchev–Trinajstić information content (AvgIpc) is 1.72. The standard InChI is InChI=1S/C26H44O.C16H19N2O10P.C12H17N5O3.C11H24O3.C7H14O3.C6H12O3/c1-17(2)6-5-7-18(3)21-10-11-23-22(21)12-13-25-24(23)9-8-19-16-20(27)14-15-26(19,25)4;1-2-26-29(24,28-13-6-4-12(5-7-13)18(22)23)11-3-10-25-16(21)27-17-14(19)8-9-15(17)20;13-7-3-1-2-4-8-14-9-5-6-10(17(18)19)12-11(9)15-20-16-12;1-3-5-7-13-10-11(9-12)14-8-6-4-2;1-7(2)9-5-6(10-7)3-4-8;1-6(2)8-4-5(3-7)9-6/h8,17-18,20-25,27H,5-7,9-16H2,1-4H3;4-7H,2-3,8-11H2,1H3;5-6,14H,1-4,7-8,13H2;11-12H,3-10H2,1-2H3;6,8H,3-5H2,1-2H3;5,7H,3-4H2,1-2H3/t18-,20?,21-,22?,23-,24?,25+,26?;;;;6-;/m1...0./s1. The van der Waals surface area contributed by atoms with Crippen LogP contribution in [0.15, 0.2) is 52.7 Å². The number of ether oxygens (including phenoxy) is 7. The van der Waals surface area contributed by atoms with Gasteiger partial charge >= 0.3 is 19.4 Å². The number of nitrogens with two attached hydrogens (primary N) is 1. The molecule has 0 radical (unpaired) electrons. The van der Waals surface area contributed by atoms with Crippen LogP contribution in [0.25, 0.3) is 11.0 Å². The lowest BCUT2D eigenvalue weighted by Crippen LogP contribution is -2.47. The molecule has 2 amide bonds. The van der Waals surface area contributed by atoms with Crippen molar-refractivity contribution in [2.45, 2.75) is 260 Å². The summed E-state index contributed by atoms with van der Waals surface area (Å²) in [5, 5.41) is 68.7. The number of aliphatic hydroxyl groups excluding tert-OH is 4. The summed E-state index contributed by atoms with van der Waals surface area (Å²) in [5.41, 5.74) is 8.47. The average molecular weight is 1560 g/mol. The largest absolute Gasteiger partial charge is 0.533 e. The van der Waals surface area contributed by atoms with Gasteiger partial charge in [0.15, 0.2) is 17.1 Å². The second-order valence-corrected chi connectivity index (χ2v) is 32.9. The molecule has 6 fully saturated rings. The molecule has 12 atom stereocenters. The van der Waals surface area contributed by atoms with Gasteiger partial charge in [0, 0.05) is 57.4 Å². The monoisotopic (exact) mass is 1560 g/mol. The van der Waals surface area contributed by atoms with Crippen molar-refractivity contribution >= 4 is 53.7 Å². The van der Waals surface area contributed by atoms with E-state index >= 15 is 0 Å². The predicted molar refractivity (Wildman–Crippen MR) is 411 cm³/mol. The molecule has 2 aromatic carbocycles. The fourth-order valence-electron chi connectivity index (χ4n) is 15.3. The first-order chi connectivity index (χ1) is 52.0. The van der Waals surface area contributed by atoms with Gasteiger partial charge in [0.2, 0.25) is 5.52 Å². The first kappa shape index (κ1) is 93.7. The van der Waals surface area contributed by atoms with E-state index in [-0.39, 0.29) is 106 Å². The number of aliphatic hydroxyl groups is 4. The van der Waals surface area contributed by atoms with Crippen molar-refractivity contribution in [2.75, 3.05) is 90.6 Å². The van der Waals surface area contributed by atoms with Crippen LogP contribution in [0.4, 0.5) is 21.9 Å². The zero-order valence-electron chi connectivity index (χ0n) is 66.7. The number of nitrogens with zero attached hydrogens (tertiary/aromatic N) is 5. The molecule has 10 rings (SSSR count). The Labute approximate surface area is 644 Å². The van der Waals surface area contributed by atoms with Gasteiger partial charge in [-0.05, 0) is 206 Å².